The van der Waals surface area contributed by atoms with Crippen LogP contribution in [0.3, 0.4) is 0 Å². The second-order valence-corrected chi connectivity index (χ2v) is 7.08. The van der Waals surface area contributed by atoms with Gasteiger partial charge in [-0.15, -0.1) is 0 Å². The summed E-state index contributed by atoms with van der Waals surface area (Å²) >= 11 is 0. The molecule has 0 aromatic heterocycles. The molecule has 1 aromatic carbocycles. The molecule has 1 atom stereocenters. The Morgan fingerprint density at radius 3 is 2.16 bits per heavy atom. The van der Waals surface area contributed by atoms with Gasteiger partial charge in [0.1, 0.15) is 0 Å². The Bertz CT molecular complexity index is 465. The van der Waals surface area contributed by atoms with E-state index in [0.29, 0.717) is 10.9 Å². The predicted octanol–water partition coefficient (Wildman–Crippen LogP) is 3.86. The number of anilines is 1. The van der Waals surface area contributed by atoms with Crippen LogP contribution in [-0.4, -0.2) is 20.7 Å². The standard InChI is InChI=1S/C15H25NO2S/c1-4-6-8-13(7-5-2)16-14-9-11-15(12-10-14)19(3,17)18/h9-13,16H,4-8H2,1-3H3. The molecule has 0 fully saturated rings. The Morgan fingerprint density at radius 2 is 1.68 bits per heavy atom. The molecule has 0 heterocycles. The number of benzene rings is 1. The van der Waals surface area contributed by atoms with E-state index in [1.54, 1.807) is 12.1 Å². The van der Waals surface area contributed by atoms with E-state index in [-0.39, 0.29) is 0 Å². The molecule has 3 nitrogen and oxygen atoms in total. The van der Waals surface area contributed by atoms with Crippen LogP contribution < -0.4 is 5.32 Å². The number of hydrogen-bond donors (Lipinski definition) is 1. The van der Waals surface area contributed by atoms with E-state index < -0.39 is 9.84 Å². The molecule has 0 radical (unpaired) electrons. The summed E-state index contributed by atoms with van der Waals surface area (Å²) in [5.74, 6) is 0. The number of hydrogen-bond acceptors (Lipinski definition) is 3. The van der Waals surface area contributed by atoms with E-state index >= 15 is 0 Å². The van der Waals surface area contributed by atoms with E-state index in [9.17, 15) is 8.42 Å². The van der Waals surface area contributed by atoms with Crippen molar-refractivity contribution in [2.45, 2.75) is 56.9 Å². The van der Waals surface area contributed by atoms with Gasteiger partial charge in [-0.25, -0.2) is 8.42 Å². The Labute approximate surface area is 117 Å². The van der Waals surface area contributed by atoms with E-state index in [4.69, 9.17) is 0 Å². The van der Waals surface area contributed by atoms with Crippen LogP contribution in [-0.2, 0) is 9.84 Å². The zero-order chi connectivity index (χ0) is 14.3. The minimum Gasteiger partial charge on any atom is -0.382 e. The van der Waals surface area contributed by atoms with Gasteiger partial charge in [-0.1, -0.05) is 33.1 Å². The molecule has 0 saturated heterocycles. The van der Waals surface area contributed by atoms with Crippen molar-refractivity contribution in [3.63, 3.8) is 0 Å². The molecule has 1 aromatic rings. The highest BCUT2D eigenvalue weighted by molar-refractivity contribution is 7.90. The van der Waals surface area contributed by atoms with Crippen LogP contribution in [0.15, 0.2) is 29.2 Å². The van der Waals surface area contributed by atoms with Crippen LogP contribution in [0.4, 0.5) is 5.69 Å². The summed E-state index contributed by atoms with van der Waals surface area (Å²) in [5, 5.41) is 3.50. The second kappa shape index (κ2) is 7.53. The fourth-order valence-corrected chi connectivity index (χ4v) is 2.75. The monoisotopic (exact) mass is 283 g/mol. The highest BCUT2D eigenvalue weighted by Crippen LogP contribution is 2.18. The molecule has 1 N–H and O–H groups in total. The van der Waals surface area contributed by atoms with Crippen molar-refractivity contribution < 1.29 is 8.42 Å². The molecule has 1 unspecified atom stereocenters. The molecule has 0 aliphatic heterocycles. The SMILES string of the molecule is CCCCC(CCC)Nc1ccc(S(C)(=O)=O)cc1. The average Bonchev–Trinajstić information content (AvgIpc) is 2.36. The molecule has 0 aliphatic carbocycles. The largest absolute Gasteiger partial charge is 0.382 e. The topological polar surface area (TPSA) is 46.2 Å². The third-order valence-corrected chi connectivity index (χ3v) is 4.33. The lowest BCUT2D eigenvalue weighted by Crippen LogP contribution is -2.19. The zero-order valence-corrected chi connectivity index (χ0v) is 13.0. The van der Waals surface area contributed by atoms with Crippen molar-refractivity contribution in [1.82, 2.24) is 0 Å². The van der Waals surface area contributed by atoms with Crippen LogP contribution in [0, 0.1) is 0 Å². The van der Waals surface area contributed by atoms with Gasteiger partial charge in [0, 0.05) is 18.0 Å². The molecule has 0 saturated carbocycles. The second-order valence-electron chi connectivity index (χ2n) is 5.07. The molecule has 19 heavy (non-hydrogen) atoms. The highest BCUT2D eigenvalue weighted by Gasteiger charge is 2.09. The van der Waals surface area contributed by atoms with Gasteiger partial charge in [-0.2, -0.15) is 0 Å². The fourth-order valence-electron chi connectivity index (χ4n) is 2.12. The summed E-state index contributed by atoms with van der Waals surface area (Å²) in [7, 11) is -3.10. The maximum absolute atomic E-state index is 11.4. The van der Waals surface area contributed by atoms with E-state index in [1.807, 2.05) is 12.1 Å². The third kappa shape index (κ3) is 5.64. The molecule has 0 aliphatic rings. The van der Waals surface area contributed by atoms with E-state index in [2.05, 4.69) is 19.2 Å². The summed E-state index contributed by atoms with van der Waals surface area (Å²) in [6, 6.07) is 7.52. The van der Waals surface area contributed by atoms with Crippen molar-refractivity contribution in [3.8, 4) is 0 Å². The Hall–Kier alpha value is -1.03. The van der Waals surface area contributed by atoms with Crippen LogP contribution in [0.1, 0.15) is 46.0 Å². The maximum Gasteiger partial charge on any atom is 0.175 e. The van der Waals surface area contributed by atoms with Crippen molar-refractivity contribution in [2.24, 2.45) is 0 Å². The summed E-state index contributed by atoms with van der Waals surface area (Å²) < 4.78 is 22.8. The van der Waals surface area contributed by atoms with Gasteiger partial charge < -0.3 is 5.32 Å². The first-order valence-corrected chi connectivity index (χ1v) is 8.93. The van der Waals surface area contributed by atoms with Gasteiger partial charge in [0.25, 0.3) is 0 Å². The fraction of sp³-hybridized carbons (Fsp3) is 0.600. The van der Waals surface area contributed by atoms with E-state index in [1.165, 1.54) is 19.1 Å². The summed E-state index contributed by atoms with van der Waals surface area (Å²) in [5.41, 5.74) is 1.00. The Balaban J connectivity index is 2.69. The van der Waals surface area contributed by atoms with Crippen molar-refractivity contribution in [1.29, 1.82) is 0 Å². The van der Waals surface area contributed by atoms with Crippen LogP contribution in [0.5, 0.6) is 0 Å². The number of unbranched alkanes of at least 4 members (excludes halogenated alkanes) is 1. The van der Waals surface area contributed by atoms with Crippen molar-refractivity contribution >= 4 is 15.5 Å². The molecule has 4 heteroatoms. The molecule has 0 amide bonds. The van der Waals surface area contributed by atoms with Crippen LogP contribution in [0.2, 0.25) is 0 Å². The smallest absolute Gasteiger partial charge is 0.175 e. The molecule has 0 spiro atoms. The quantitative estimate of drug-likeness (QED) is 0.788. The van der Waals surface area contributed by atoms with Gasteiger partial charge in [0.2, 0.25) is 0 Å². The first kappa shape index (κ1) is 16.0. The first-order valence-electron chi connectivity index (χ1n) is 7.04. The third-order valence-electron chi connectivity index (χ3n) is 3.20. The molecular formula is C15H25NO2S. The van der Waals surface area contributed by atoms with Crippen LogP contribution in [0.25, 0.3) is 0 Å². The first-order chi connectivity index (χ1) is 8.97. The maximum atomic E-state index is 11.4. The lowest BCUT2D eigenvalue weighted by Gasteiger charge is -2.19. The molecule has 1 rings (SSSR count). The Morgan fingerprint density at radius 1 is 1.05 bits per heavy atom. The number of sulfone groups is 1. The van der Waals surface area contributed by atoms with Crippen molar-refractivity contribution in [2.75, 3.05) is 11.6 Å². The average molecular weight is 283 g/mol. The molecule has 108 valence electrons. The summed E-state index contributed by atoms with van der Waals surface area (Å²) in [6.45, 7) is 4.39. The van der Waals surface area contributed by atoms with E-state index in [0.717, 1.165) is 24.9 Å². The molecular weight excluding hydrogens is 258 g/mol. The zero-order valence-electron chi connectivity index (χ0n) is 12.1. The van der Waals surface area contributed by atoms with Gasteiger partial charge in [0.05, 0.1) is 4.90 Å². The summed E-state index contributed by atoms with van der Waals surface area (Å²) in [6.07, 6.45) is 7.12. The Kier molecular flexibility index (Phi) is 6.35. The minimum absolute atomic E-state index is 0.374. The van der Waals surface area contributed by atoms with Gasteiger partial charge in [-0.05, 0) is 37.1 Å². The van der Waals surface area contributed by atoms with Gasteiger partial charge >= 0.3 is 0 Å². The predicted molar refractivity (Wildman–Crippen MR) is 81.4 cm³/mol. The number of rotatable bonds is 8. The number of nitrogens with one attached hydrogen (secondary N) is 1. The normalized spacial score (nSPS) is 13.2. The van der Waals surface area contributed by atoms with Gasteiger partial charge in [0.15, 0.2) is 9.84 Å². The van der Waals surface area contributed by atoms with Crippen molar-refractivity contribution in [3.05, 3.63) is 24.3 Å². The lowest BCUT2D eigenvalue weighted by atomic mass is 10.0. The van der Waals surface area contributed by atoms with Gasteiger partial charge in [-0.3, -0.25) is 0 Å². The highest BCUT2D eigenvalue weighted by atomic mass is 32.2. The minimum atomic E-state index is -3.10. The van der Waals surface area contributed by atoms with Crippen LogP contribution >= 0.6 is 0 Å². The lowest BCUT2D eigenvalue weighted by molar-refractivity contribution is 0.564. The molecule has 0 bridgehead atoms. The summed E-state index contributed by atoms with van der Waals surface area (Å²) in [4.78, 5) is 0.374.